The first-order chi connectivity index (χ1) is 7.19. The van der Waals surface area contributed by atoms with Gasteiger partial charge >= 0.3 is 0 Å². The Morgan fingerprint density at radius 1 is 1.53 bits per heavy atom. The van der Waals surface area contributed by atoms with Crippen molar-refractivity contribution in [3.05, 3.63) is 28.2 Å². The average Bonchev–Trinajstić information content (AvgIpc) is 2.26. The van der Waals surface area contributed by atoms with Crippen molar-refractivity contribution >= 4 is 15.9 Å². The summed E-state index contributed by atoms with van der Waals surface area (Å²) in [5.41, 5.74) is 0.803. The Morgan fingerprint density at radius 2 is 2.27 bits per heavy atom. The maximum absolute atomic E-state index is 9.86. The number of aliphatic hydroxyl groups is 1. The molecule has 0 radical (unpaired) electrons. The fourth-order valence-corrected chi connectivity index (χ4v) is 1.72. The molecule has 0 saturated carbocycles. The van der Waals surface area contributed by atoms with Gasteiger partial charge in [-0.2, -0.15) is 0 Å². The molecule has 1 rings (SSSR count). The summed E-state index contributed by atoms with van der Waals surface area (Å²) < 4.78 is 5.97. The Morgan fingerprint density at radius 3 is 2.87 bits per heavy atom. The van der Waals surface area contributed by atoms with Crippen LogP contribution in [0.1, 0.15) is 25.0 Å². The van der Waals surface area contributed by atoms with E-state index < -0.39 is 6.10 Å². The van der Waals surface area contributed by atoms with E-state index in [-0.39, 0.29) is 0 Å². The maximum atomic E-state index is 9.86. The van der Waals surface area contributed by atoms with E-state index in [0.717, 1.165) is 15.8 Å². The van der Waals surface area contributed by atoms with Gasteiger partial charge in [-0.05, 0) is 30.7 Å². The van der Waals surface area contributed by atoms with Crippen molar-refractivity contribution in [1.29, 1.82) is 0 Å². The molecule has 0 bridgehead atoms. The van der Waals surface area contributed by atoms with Crippen molar-refractivity contribution in [1.82, 2.24) is 0 Å². The molecule has 0 aromatic heterocycles. The summed E-state index contributed by atoms with van der Waals surface area (Å²) in [6, 6.07) is 5.51. The highest BCUT2D eigenvalue weighted by Crippen LogP contribution is 2.29. The molecule has 2 nitrogen and oxygen atoms in total. The van der Waals surface area contributed by atoms with Crippen LogP contribution in [0.25, 0.3) is 0 Å². The summed E-state index contributed by atoms with van der Waals surface area (Å²) in [6.07, 6.45) is -0.149. The first-order valence-electron chi connectivity index (χ1n) is 4.60. The predicted molar refractivity (Wildman–Crippen MR) is 63.7 cm³/mol. The van der Waals surface area contributed by atoms with Crippen LogP contribution in [-0.4, -0.2) is 12.2 Å². The molecule has 3 heteroatoms. The van der Waals surface area contributed by atoms with E-state index in [9.17, 15) is 5.11 Å². The van der Waals surface area contributed by atoms with Crippen LogP contribution >= 0.6 is 15.9 Å². The highest BCUT2D eigenvalue weighted by Gasteiger charge is 2.11. The third-order valence-electron chi connectivity index (χ3n) is 2.03. The van der Waals surface area contributed by atoms with Gasteiger partial charge in [0, 0.05) is 10.9 Å². The topological polar surface area (TPSA) is 29.5 Å². The fourth-order valence-electron chi connectivity index (χ4n) is 1.21. The lowest BCUT2D eigenvalue weighted by Gasteiger charge is -2.11. The van der Waals surface area contributed by atoms with Crippen LogP contribution in [0.5, 0.6) is 5.75 Å². The smallest absolute Gasteiger partial charge is 0.119 e. The van der Waals surface area contributed by atoms with Gasteiger partial charge in [-0.3, -0.25) is 0 Å². The number of halogens is 1. The Kier molecular flexibility index (Phi) is 4.67. The molecule has 1 unspecified atom stereocenters. The Labute approximate surface area is 98.4 Å². The molecule has 1 aromatic rings. The van der Waals surface area contributed by atoms with Crippen LogP contribution in [0, 0.1) is 11.8 Å². The van der Waals surface area contributed by atoms with Crippen LogP contribution in [-0.2, 0) is 0 Å². The molecule has 0 amide bonds. The number of methoxy groups -OCH3 is 1. The lowest BCUT2D eigenvalue weighted by Crippen LogP contribution is -1.98. The number of hydrogen-bond acceptors (Lipinski definition) is 2. The Balaban J connectivity index is 2.94. The van der Waals surface area contributed by atoms with Gasteiger partial charge in [-0.1, -0.05) is 15.9 Å². The van der Waals surface area contributed by atoms with E-state index in [2.05, 4.69) is 27.8 Å². The lowest BCUT2D eigenvalue weighted by atomic mass is 10.1. The van der Waals surface area contributed by atoms with Crippen molar-refractivity contribution in [2.24, 2.45) is 0 Å². The first-order valence-corrected chi connectivity index (χ1v) is 5.39. The predicted octanol–water partition coefficient (Wildman–Crippen LogP) is 2.90. The van der Waals surface area contributed by atoms with Gasteiger partial charge in [0.25, 0.3) is 0 Å². The second-order valence-electron chi connectivity index (χ2n) is 3.03. The minimum absolute atomic E-state index is 0.433. The monoisotopic (exact) mass is 268 g/mol. The van der Waals surface area contributed by atoms with E-state index >= 15 is 0 Å². The second kappa shape index (κ2) is 5.79. The van der Waals surface area contributed by atoms with E-state index in [0.29, 0.717) is 6.42 Å². The van der Waals surface area contributed by atoms with Gasteiger partial charge in [-0.15, -0.1) is 11.8 Å². The zero-order valence-corrected chi connectivity index (χ0v) is 10.3. The molecule has 0 fully saturated rings. The average molecular weight is 269 g/mol. The molecule has 15 heavy (non-hydrogen) atoms. The van der Waals surface area contributed by atoms with Crippen molar-refractivity contribution in [3.8, 4) is 17.6 Å². The number of aliphatic hydroxyl groups excluding tert-OH is 1. The number of ether oxygens (including phenoxy) is 1. The lowest BCUT2D eigenvalue weighted by molar-refractivity contribution is 0.183. The summed E-state index contributed by atoms with van der Waals surface area (Å²) in [5, 5.41) is 9.86. The Hall–Kier alpha value is -0.980. The molecule has 0 aliphatic carbocycles. The van der Waals surface area contributed by atoms with Crippen molar-refractivity contribution < 1.29 is 9.84 Å². The van der Waals surface area contributed by atoms with Crippen LogP contribution in [0.4, 0.5) is 0 Å². The molecular formula is C12H13BrO2. The summed E-state index contributed by atoms with van der Waals surface area (Å²) in [4.78, 5) is 0. The summed E-state index contributed by atoms with van der Waals surface area (Å²) >= 11 is 3.39. The van der Waals surface area contributed by atoms with E-state index in [1.807, 2.05) is 18.2 Å². The van der Waals surface area contributed by atoms with Crippen LogP contribution in [0.2, 0.25) is 0 Å². The van der Waals surface area contributed by atoms with Crippen LogP contribution in [0.3, 0.4) is 0 Å². The third-order valence-corrected chi connectivity index (χ3v) is 2.76. The summed E-state index contributed by atoms with van der Waals surface area (Å²) in [7, 11) is 1.60. The van der Waals surface area contributed by atoms with Crippen LogP contribution in [0.15, 0.2) is 22.7 Å². The molecular weight excluding hydrogens is 256 g/mol. The molecule has 1 aromatic carbocycles. The zero-order valence-electron chi connectivity index (χ0n) is 8.75. The molecule has 0 saturated heterocycles. The normalized spacial score (nSPS) is 11.5. The van der Waals surface area contributed by atoms with E-state index in [1.165, 1.54) is 0 Å². The minimum atomic E-state index is -0.582. The number of hydrogen-bond donors (Lipinski definition) is 1. The van der Waals surface area contributed by atoms with Gasteiger partial charge in [0.05, 0.1) is 13.2 Å². The van der Waals surface area contributed by atoms with Gasteiger partial charge in [0.1, 0.15) is 5.75 Å². The summed E-state index contributed by atoms with van der Waals surface area (Å²) in [5.74, 6) is 6.34. The highest BCUT2D eigenvalue weighted by molar-refractivity contribution is 9.10. The standard InChI is InChI=1S/C12H13BrO2/c1-3-4-5-12(14)10-8-9(15-2)6-7-11(10)13/h6-8,12,14H,5H2,1-2H3. The fraction of sp³-hybridized carbons (Fsp3) is 0.333. The molecule has 0 aliphatic rings. The highest BCUT2D eigenvalue weighted by atomic mass is 79.9. The molecule has 0 spiro atoms. The van der Waals surface area contributed by atoms with E-state index in [1.54, 1.807) is 14.0 Å². The third kappa shape index (κ3) is 3.26. The molecule has 1 atom stereocenters. The van der Waals surface area contributed by atoms with Crippen molar-refractivity contribution in [2.75, 3.05) is 7.11 Å². The van der Waals surface area contributed by atoms with Crippen molar-refractivity contribution in [3.63, 3.8) is 0 Å². The van der Waals surface area contributed by atoms with Gasteiger partial charge in [-0.25, -0.2) is 0 Å². The molecule has 0 aliphatic heterocycles. The van der Waals surface area contributed by atoms with Crippen molar-refractivity contribution in [2.45, 2.75) is 19.4 Å². The minimum Gasteiger partial charge on any atom is -0.497 e. The quantitative estimate of drug-likeness (QED) is 0.855. The molecule has 80 valence electrons. The van der Waals surface area contributed by atoms with Gasteiger partial charge in [0.2, 0.25) is 0 Å². The summed E-state index contributed by atoms with van der Waals surface area (Å²) in [6.45, 7) is 1.76. The van der Waals surface area contributed by atoms with Crippen LogP contribution < -0.4 is 4.74 Å². The largest absolute Gasteiger partial charge is 0.497 e. The molecule has 0 heterocycles. The second-order valence-corrected chi connectivity index (χ2v) is 3.89. The number of benzene rings is 1. The first kappa shape index (κ1) is 12.1. The molecule has 1 N–H and O–H groups in total. The van der Waals surface area contributed by atoms with Gasteiger partial charge in [0.15, 0.2) is 0 Å². The van der Waals surface area contributed by atoms with Gasteiger partial charge < -0.3 is 9.84 Å². The van der Waals surface area contributed by atoms with E-state index in [4.69, 9.17) is 4.74 Å². The number of rotatable bonds is 3. The maximum Gasteiger partial charge on any atom is 0.119 e. The SMILES string of the molecule is CC#CCC(O)c1cc(OC)ccc1Br. The Bertz CT molecular complexity index is 390. The zero-order chi connectivity index (χ0) is 11.3.